The van der Waals surface area contributed by atoms with Crippen molar-refractivity contribution in [3.63, 3.8) is 0 Å². The third kappa shape index (κ3) is 5.38. The van der Waals surface area contributed by atoms with Gasteiger partial charge in [0.2, 0.25) is 29.7 Å². The molecular formula is C30H34N4O6. The molecule has 1 aromatic heterocycles. The summed E-state index contributed by atoms with van der Waals surface area (Å²) in [7, 11) is 0. The monoisotopic (exact) mass is 546 g/mol. The molecule has 0 spiro atoms. The van der Waals surface area contributed by atoms with Crippen molar-refractivity contribution in [2.45, 2.75) is 65.8 Å². The van der Waals surface area contributed by atoms with Crippen LogP contribution in [0.4, 0.5) is 5.69 Å². The zero-order chi connectivity index (χ0) is 28.7. The van der Waals surface area contributed by atoms with Crippen molar-refractivity contribution < 1.29 is 28.6 Å². The predicted octanol–water partition coefficient (Wildman–Crippen LogP) is 4.75. The van der Waals surface area contributed by atoms with E-state index >= 15 is 0 Å². The number of carbonyl (C=O) groups excluding carboxylic acids is 2. The van der Waals surface area contributed by atoms with Gasteiger partial charge in [-0.25, -0.2) is 9.78 Å². The Hall–Kier alpha value is -4.34. The van der Waals surface area contributed by atoms with E-state index in [1.807, 2.05) is 65.0 Å². The molecule has 4 N–H and O–H groups in total. The van der Waals surface area contributed by atoms with Gasteiger partial charge in [0.1, 0.15) is 17.8 Å². The highest BCUT2D eigenvalue weighted by atomic mass is 16.5. The first kappa shape index (κ1) is 27.2. The molecule has 3 atom stereocenters. The largest absolute Gasteiger partial charge is 0.476 e. The van der Waals surface area contributed by atoms with Gasteiger partial charge < -0.3 is 30.2 Å². The number of hydrogen-bond donors (Lipinski definition) is 4. The first-order chi connectivity index (χ1) is 19.0. The van der Waals surface area contributed by atoms with Crippen LogP contribution in [0.5, 0.6) is 5.75 Å². The van der Waals surface area contributed by atoms with Gasteiger partial charge in [-0.15, -0.1) is 0 Å². The Labute approximate surface area is 232 Å². The van der Waals surface area contributed by atoms with E-state index in [2.05, 4.69) is 20.9 Å². The van der Waals surface area contributed by atoms with Crippen molar-refractivity contribution >= 4 is 23.5 Å². The van der Waals surface area contributed by atoms with E-state index in [1.165, 1.54) is 0 Å². The van der Waals surface area contributed by atoms with Crippen molar-refractivity contribution in [1.82, 2.24) is 15.6 Å². The number of benzene rings is 2. The third-order valence-corrected chi connectivity index (χ3v) is 7.07. The molecule has 10 heteroatoms. The average molecular weight is 547 g/mol. The van der Waals surface area contributed by atoms with Crippen molar-refractivity contribution in [3.8, 4) is 16.9 Å². The van der Waals surface area contributed by atoms with Gasteiger partial charge in [0, 0.05) is 29.7 Å². The number of carboxylic acid groups (broad SMARTS) is 1. The minimum atomic E-state index is -1.28. The first-order valence-electron chi connectivity index (χ1n) is 13.5. The topological polar surface area (TPSA) is 143 Å². The number of ether oxygens (including phenoxy) is 1. The van der Waals surface area contributed by atoms with Crippen LogP contribution in [0, 0.1) is 18.8 Å². The fourth-order valence-corrected chi connectivity index (χ4v) is 5.09. The Bertz CT molecular complexity index is 1480. The summed E-state index contributed by atoms with van der Waals surface area (Å²) < 4.78 is 12.4. The number of anilines is 1. The SMILES string of the molecule is Cc1ccc2c(c1)-c1cc3ccc1OC(N2)c1oc(nc1C(=O)O)C(C(C)C)NC(=O)[C@@H](NC(=O)CC(C)C)C3. The lowest BCUT2D eigenvalue weighted by molar-refractivity contribution is -0.130. The van der Waals surface area contributed by atoms with Crippen LogP contribution in [0.3, 0.4) is 0 Å². The maximum Gasteiger partial charge on any atom is 0.358 e. The molecule has 0 fully saturated rings. The Balaban J connectivity index is 1.71. The fraction of sp³-hybridized carbons (Fsp3) is 0.400. The summed E-state index contributed by atoms with van der Waals surface area (Å²) in [5, 5.41) is 19.2. The number of aryl methyl sites for hydroxylation is 1. The van der Waals surface area contributed by atoms with Crippen LogP contribution in [-0.2, 0) is 16.0 Å². The molecule has 2 aromatic carbocycles. The fourth-order valence-electron chi connectivity index (χ4n) is 5.09. The van der Waals surface area contributed by atoms with E-state index in [9.17, 15) is 19.5 Å². The second kappa shape index (κ2) is 10.7. The van der Waals surface area contributed by atoms with Crippen LogP contribution in [0.1, 0.15) is 79.7 Å². The minimum absolute atomic E-state index is 0.00954. The van der Waals surface area contributed by atoms with E-state index in [-0.39, 0.29) is 47.9 Å². The Morgan fingerprint density at radius 1 is 1.10 bits per heavy atom. The summed E-state index contributed by atoms with van der Waals surface area (Å²) in [6.07, 6.45) is -0.473. The molecule has 6 bridgehead atoms. The number of rotatable bonds is 5. The lowest BCUT2D eigenvalue weighted by atomic mass is 9.95. The molecule has 40 heavy (non-hydrogen) atoms. The molecule has 0 saturated carbocycles. The summed E-state index contributed by atoms with van der Waals surface area (Å²) in [6, 6.07) is 9.84. The molecule has 2 unspecified atom stereocenters. The van der Waals surface area contributed by atoms with Crippen molar-refractivity contribution in [1.29, 1.82) is 0 Å². The van der Waals surface area contributed by atoms with Crippen molar-refractivity contribution in [2.24, 2.45) is 11.8 Å². The molecule has 0 radical (unpaired) electrons. The maximum absolute atomic E-state index is 13.7. The van der Waals surface area contributed by atoms with Crippen LogP contribution in [0.25, 0.3) is 11.1 Å². The summed E-state index contributed by atoms with van der Waals surface area (Å²) in [5.41, 5.74) is 3.91. The predicted molar refractivity (Wildman–Crippen MR) is 148 cm³/mol. The highest BCUT2D eigenvalue weighted by Crippen LogP contribution is 2.43. The molecule has 0 aliphatic carbocycles. The van der Waals surface area contributed by atoms with Gasteiger partial charge in [-0.3, -0.25) is 9.59 Å². The molecule has 6 rings (SSSR count). The number of nitrogens with one attached hydrogen (secondary N) is 3. The number of fused-ring (bicyclic) bond motifs is 6. The average Bonchev–Trinajstić information content (AvgIpc) is 3.25. The van der Waals surface area contributed by atoms with Gasteiger partial charge in [-0.2, -0.15) is 0 Å². The van der Waals surface area contributed by atoms with Crippen LogP contribution in [-0.4, -0.2) is 33.9 Å². The van der Waals surface area contributed by atoms with E-state index in [4.69, 9.17) is 9.15 Å². The molecule has 0 saturated heterocycles. The lowest BCUT2D eigenvalue weighted by Crippen LogP contribution is -2.49. The van der Waals surface area contributed by atoms with Crippen molar-refractivity contribution in [3.05, 3.63) is 64.9 Å². The highest BCUT2D eigenvalue weighted by Gasteiger charge is 2.36. The number of aromatic carboxylic acids is 1. The van der Waals surface area contributed by atoms with Gasteiger partial charge in [0.05, 0.1) is 0 Å². The quantitative estimate of drug-likeness (QED) is 0.359. The normalized spacial score (nSPS) is 19.8. The van der Waals surface area contributed by atoms with E-state index in [1.54, 1.807) is 6.07 Å². The summed E-state index contributed by atoms with van der Waals surface area (Å²) >= 11 is 0. The number of carboxylic acids is 1. The van der Waals surface area contributed by atoms with Gasteiger partial charge in [0.25, 0.3) is 0 Å². The summed E-state index contributed by atoms with van der Waals surface area (Å²) in [6.45, 7) is 9.60. The number of carbonyl (C=O) groups is 3. The Kier molecular flexibility index (Phi) is 7.27. The highest BCUT2D eigenvalue weighted by molar-refractivity contribution is 5.90. The number of aromatic nitrogens is 1. The number of oxazole rings is 1. The second-order valence-corrected chi connectivity index (χ2v) is 11.2. The second-order valence-electron chi connectivity index (χ2n) is 11.2. The van der Waals surface area contributed by atoms with E-state index in [0.29, 0.717) is 5.75 Å². The van der Waals surface area contributed by atoms with Gasteiger partial charge in [-0.05, 0) is 48.6 Å². The maximum atomic E-state index is 13.7. The Morgan fingerprint density at radius 3 is 2.58 bits per heavy atom. The van der Waals surface area contributed by atoms with Gasteiger partial charge >= 0.3 is 5.97 Å². The molecule has 3 aromatic rings. The van der Waals surface area contributed by atoms with Crippen LogP contribution < -0.4 is 20.7 Å². The lowest BCUT2D eigenvalue weighted by Gasteiger charge is -2.25. The third-order valence-electron chi connectivity index (χ3n) is 7.07. The van der Waals surface area contributed by atoms with Crippen LogP contribution in [0.15, 0.2) is 40.8 Å². The number of nitrogens with zero attached hydrogens (tertiary/aromatic N) is 1. The molecular weight excluding hydrogens is 512 g/mol. The van der Waals surface area contributed by atoms with Gasteiger partial charge in [0.15, 0.2) is 5.69 Å². The molecule has 10 nitrogen and oxygen atoms in total. The van der Waals surface area contributed by atoms with Crippen molar-refractivity contribution in [2.75, 3.05) is 5.32 Å². The number of amides is 2. The smallest absolute Gasteiger partial charge is 0.358 e. The van der Waals surface area contributed by atoms with Gasteiger partial charge in [-0.1, -0.05) is 45.4 Å². The standard InChI is InChI=1S/C30H34N4O6/c1-14(2)10-23(35)31-21-13-17-7-9-22-19(12-17)18-11-16(5)6-8-20(18)32-29(39-22)26-25(30(37)38)34-28(40-26)24(15(3)4)33-27(21)36/h6-9,11-12,14-15,21,24,29,32H,10,13H2,1-5H3,(H,31,35)(H,33,36)(H,37,38)/t21-,24?,29?/m0/s1. The Morgan fingerprint density at radius 2 is 1.88 bits per heavy atom. The zero-order valence-electron chi connectivity index (χ0n) is 23.2. The van der Waals surface area contributed by atoms with Crippen LogP contribution >= 0.6 is 0 Å². The molecule has 4 heterocycles. The molecule has 3 aliphatic heterocycles. The first-order valence-corrected chi connectivity index (χ1v) is 13.5. The minimum Gasteiger partial charge on any atom is -0.476 e. The van der Waals surface area contributed by atoms with E-state index in [0.717, 1.165) is 27.9 Å². The molecule has 210 valence electrons. The zero-order valence-corrected chi connectivity index (χ0v) is 23.2. The summed E-state index contributed by atoms with van der Waals surface area (Å²) in [4.78, 5) is 43.1. The number of hydrogen-bond acceptors (Lipinski definition) is 7. The van der Waals surface area contributed by atoms with Crippen LogP contribution in [0.2, 0.25) is 0 Å². The molecule has 3 aliphatic rings. The summed E-state index contributed by atoms with van der Waals surface area (Å²) in [5.74, 6) is -1.44. The van der Waals surface area contributed by atoms with E-state index < -0.39 is 30.2 Å². The molecule has 2 amide bonds.